The van der Waals surface area contributed by atoms with Crippen LogP contribution in [-0.4, -0.2) is 144 Å². The SMILES string of the molecule is CC1(C(=O)F)OC(F)(COCC(F)(F)S(=O)(=O)F)C(F)(C(F)(F)OC(F)(F)CF)O1.O=S(=O)(F)C(F)(F)COCC1(F)OC(=C(F)F)OC1(F)C(F)(F)OC(F)(F)CF.O=S=O.O=S=O.[2HH]. The number of halogens is 23. The average molecular weight is 1110 g/mol. The maximum atomic E-state index is 14.7. The lowest BCUT2D eigenvalue weighted by Gasteiger charge is -2.35. The maximum Gasteiger partial charge on any atom is 0.438 e. The summed E-state index contributed by atoms with van der Waals surface area (Å²) in [4.78, 5) is 10.7. The third-order valence-electron chi connectivity index (χ3n) is 6.10. The van der Waals surface area contributed by atoms with E-state index in [2.05, 4.69) is 37.9 Å². The molecule has 2 rings (SSSR count). The number of carbonyl (C=O) groups excluding carboxylic acids is 1. The molecule has 0 aromatic carbocycles. The molecule has 65 heavy (non-hydrogen) atoms. The van der Waals surface area contributed by atoms with Crippen molar-refractivity contribution < 1.29 is 178 Å². The molecule has 0 amide bonds. The lowest BCUT2D eigenvalue weighted by atomic mass is 10.1. The molecule has 2 fully saturated rings. The fraction of sp³-hybridized carbons (Fsp3) is 0.857. The molecule has 388 valence electrons. The van der Waals surface area contributed by atoms with E-state index < -0.39 is 166 Å². The molecule has 0 aromatic rings. The standard InChI is InChI=1S/C11H9F11O7S.C10H6F12O6S.2O2S.H2/c1-6(5(13)23)27-7(14,3-26-4-9(17,18)30(22,24)25)10(19,28-6)11(20,21)29-8(15,16)2-12;11-1-7(15,16)28-10(20,21)9(19)6(14,26-5(27-9)4(12)13)2-25-3-8(17,18)29(22,23)24;2*1-3-2;/h2-4H2,1H3;1-3H2;;;1H/i;;;;1+1. The van der Waals surface area contributed by atoms with Crippen molar-refractivity contribution in [2.45, 2.75) is 71.1 Å². The first kappa shape index (κ1) is 63.8. The first-order valence-electron chi connectivity index (χ1n) is 14.1. The van der Waals surface area contributed by atoms with Crippen molar-refractivity contribution in [1.29, 1.82) is 0 Å². The molecule has 44 heteroatoms. The number of alkyl halides is 18. The van der Waals surface area contributed by atoms with Gasteiger partial charge in [0.2, 0.25) is 0 Å². The average Bonchev–Trinajstić information content (AvgIpc) is 3.51. The van der Waals surface area contributed by atoms with Crippen LogP contribution in [0.15, 0.2) is 12.0 Å². The molecule has 2 aliphatic heterocycles. The predicted octanol–water partition coefficient (Wildman–Crippen LogP) is 5.07. The van der Waals surface area contributed by atoms with E-state index in [4.69, 9.17) is 16.8 Å². The Morgan fingerprint density at radius 1 is 0.615 bits per heavy atom. The van der Waals surface area contributed by atoms with Gasteiger partial charge in [0.1, 0.15) is 26.4 Å². The zero-order valence-electron chi connectivity index (χ0n) is 29.5. The van der Waals surface area contributed by atoms with Gasteiger partial charge in [0.15, 0.2) is 13.3 Å². The Balaban J connectivity index is -0.00000106. The molecule has 0 radical (unpaired) electrons. The van der Waals surface area contributed by atoms with Gasteiger partial charge in [-0.15, -0.1) is 0 Å². The predicted molar refractivity (Wildman–Crippen MR) is 149 cm³/mol. The lowest BCUT2D eigenvalue weighted by molar-refractivity contribution is -0.467. The Morgan fingerprint density at radius 2 is 0.938 bits per heavy atom. The normalized spacial score (nSPS) is 26.5. The Kier molecular flexibility index (Phi) is 21.4. The molecule has 2 saturated heterocycles. The smallest absolute Gasteiger partial charge is 0.414 e. The van der Waals surface area contributed by atoms with Crippen molar-refractivity contribution in [3.8, 4) is 0 Å². The van der Waals surface area contributed by atoms with Gasteiger partial charge in [0.25, 0.3) is 5.79 Å². The minimum atomic E-state index is -6.72. The van der Waals surface area contributed by atoms with Gasteiger partial charge < -0.3 is 18.9 Å². The summed E-state index contributed by atoms with van der Waals surface area (Å²) >= 11 is -1.50. The maximum absolute atomic E-state index is 14.7. The van der Waals surface area contributed by atoms with E-state index in [1.165, 1.54) is 0 Å². The minimum absolute atomic E-state index is 0. The number of hydrogen-bond acceptors (Lipinski definition) is 17. The van der Waals surface area contributed by atoms with Crippen LogP contribution in [0.3, 0.4) is 0 Å². The molecule has 5 atom stereocenters. The molecule has 0 N–H and O–H groups in total. The summed E-state index contributed by atoms with van der Waals surface area (Å²) < 4.78 is 401. The van der Waals surface area contributed by atoms with Gasteiger partial charge in [0.05, 0.1) is 0 Å². The molecule has 5 unspecified atom stereocenters. The molecule has 0 bridgehead atoms. The Bertz CT molecular complexity index is 1980. The summed E-state index contributed by atoms with van der Waals surface area (Å²) in [6, 6.07) is -3.05. The number of rotatable bonds is 19. The quantitative estimate of drug-likeness (QED) is 0.121. The van der Waals surface area contributed by atoms with Crippen molar-refractivity contribution in [2.75, 3.05) is 39.8 Å². The highest BCUT2D eigenvalue weighted by molar-refractivity contribution is 7.87. The third kappa shape index (κ3) is 15.4. The van der Waals surface area contributed by atoms with E-state index in [-0.39, 0.29) is 8.35 Å². The van der Waals surface area contributed by atoms with Crippen LogP contribution in [0, 0.1) is 0 Å². The second kappa shape index (κ2) is 21.8. The Hall–Kier alpha value is -3.30. The van der Waals surface area contributed by atoms with E-state index in [0.717, 1.165) is 0 Å². The third-order valence-corrected chi connectivity index (χ3v) is 7.76. The van der Waals surface area contributed by atoms with E-state index in [0.29, 0.717) is 0 Å². The van der Waals surface area contributed by atoms with Gasteiger partial charge in [-0.1, -0.05) is 7.77 Å². The van der Waals surface area contributed by atoms with E-state index >= 15 is 0 Å². The van der Waals surface area contributed by atoms with Crippen LogP contribution < -0.4 is 0 Å². The van der Waals surface area contributed by atoms with E-state index in [9.17, 15) is 122 Å². The van der Waals surface area contributed by atoms with Crippen LogP contribution in [0.4, 0.5) is 100.0 Å². The largest absolute Gasteiger partial charge is 0.438 e. The van der Waals surface area contributed by atoms with Crippen LogP contribution in [0.25, 0.3) is 0 Å². The van der Waals surface area contributed by atoms with E-state index in [1.807, 2.05) is 0 Å². The van der Waals surface area contributed by atoms with Crippen molar-refractivity contribution in [2.24, 2.45) is 0 Å². The van der Waals surface area contributed by atoms with Gasteiger partial charge in [-0.3, -0.25) is 14.3 Å². The highest BCUT2D eigenvalue weighted by Gasteiger charge is 2.83. The number of carbonyl (C=O) groups is 1. The Labute approximate surface area is 350 Å². The van der Waals surface area contributed by atoms with Gasteiger partial charge in [-0.05, 0) is 0 Å². The molecule has 0 aromatic heterocycles. The van der Waals surface area contributed by atoms with Crippen LogP contribution in [0.1, 0.15) is 8.35 Å². The topological polar surface area (TPSA) is 227 Å². The first-order chi connectivity index (χ1) is 28.6. The molecular formula is C21H17F23O17S4. The Morgan fingerprint density at radius 3 is 1.23 bits per heavy atom. The summed E-state index contributed by atoms with van der Waals surface area (Å²) in [7, 11) is -13.4. The van der Waals surface area contributed by atoms with Crippen molar-refractivity contribution in [1.82, 2.24) is 0 Å². The second-order valence-corrected chi connectivity index (χ2v) is 14.1. The zero-order chi connectivity index (χ0) is 52.5. The lowest BCUT2D eigenvalue weighted by Crippen LogP contribution is -2.62. The van der Waals surface area contributed by atoms with Gasteiger partial charge in [-0.25, -0.2) is 22.6 Å². The fourth-order valence-electron chi connectivity index (χ4n) is 3.44. The van der Waals surface area contributed by atoms with Gasteiger partial charge >= 0.3 is 120 Å². The van der Waals surface area contributed by atoms with Crippen LogP contribution in [0.2, 0.25) is 0 Å². The molecular weight excluding hydrogens is 1090 g/mol. The zero-order valence-corrected chi connectivity index (χ0v) is 32.8. The van der Waals surface area contributed by atoms with E-state index in [1.54, 1.807) is 0 Å². The van der Waals surface area contributed by atoms with Gasteiger partial charge in [0, 0.05) is 8.35 Å². The summed E-state index contributed by atoms with van der Waals surface area (Å²) in [5.74, 6) is -28.6. The molecule has 2 aliphatic rings. The molecule has 2 heterocycles. The molecule has 17 nitrogen and oxygen atoms in total. The summed E-state index contributed by atoms with van der Waals surface area (Å²) in [5.41, 5.74) is 0. The van der Waals surface area contributed by atoms with Crippen molar-refractivity contribution >= 4 is 49.6 Å². The van der Waals surface area contributed by atoms with Crippen molar-refractivity contribution in [3.05, 3.63) is 12.0 Å². The molecule has 0 spiro atoms. The van der Waals surface area contributed by atoms with Crippen LogP contribution in [0.5, 0.6) is 0 Å². The number of hydrogen-bond donors (Lipinski definition) is 0. The van der Waals surface area contributed by atoms with Gasteiger partial charge in [-0.2, -0.15) is 113 Å². The molecule has 0 aliphatic carbocycles. The molecule has 0 saturated carbocycles. The summed E-state index contributed by atoms with van der Waals surface area (Å²) in [6.45, 7) is -16.8. The highest BCUT2D eigenvalue weighted by Crippen LogP contribution is 2.57. The fourth-order valence-corrected chi connectivity index (χ4v) is 3.88. The van der Waals surface area contributed by atoms with Crippen LogP contribution in [-0.2, 0) is 86.3 Å². The minimum Gasteiger partial charge on any atom is -0.414 e. The van der Waals surface area contributed by atoms with Crippen LogP contribution >= 0.6 is 0 Å². The number of ether oxygens (including phenoxy) is 8. The first-order valence-corrected chi connectivity index (χ1v) is 18.2. The monoisotopic (exact) mass is 1110 g/mol. The van der Waals surface area contributed by atoms with Crippen molar-refractivity contribution in [3.63, 3.8) is 0 Å². The summed E-state index contributed by atoms with van der Waals surface area (Å²) in [6.07, 6.45) is -27.1. The second-order valence-electron chi connectivity index (χ2n) is 10.9. The summed E-state index contributed by atoms with van der Waals surface area (Å²) in [5, 5.41) is -10.9. The highest BCUT2D eigenvalue weighted by atomic mass is 32.3.